The molecule has 1 heterocycles. The van der Waals surface area contributed by atoms with Gasteiger partial charge in [-0.3, -0.25) is 4.79 Å². The molecule has 0 aromatic heterocycles. The molecule has 0 radical (unpaired) electrons. The Hall–Kier alpha value is -2.95. The molecule has 1 aliphatic heterocycles. The lowest BCUT2D eigenvalue weighted by Crippen LogP contribution is -2.40. The van der Waals surface area contributed by atoms with E-state index in [1.165, 1.54) is 10.4 Å². The van der Waals surface area contributed by atoms with E-state index in [-0.39, 0.29) is 18.0 Å². The summed E-state index contributed by atoms with van der Waals surface area (Å²) in [5, 5.41) is 5.81. The second-order valence-electron chi connectivity index (χ2n) is 7.95. The number of esters is 1. The Balaban J connectivity index is 1.63. The Kier molecular flexibility index (Phi) is 9.03. The molecular formula is C24H31N3O6S. The molecule has 1 fully saturated rings. The first kappa shape index (κ1) is 25.7. The summed E-state index contributed by atoms with van der Waals surface area (Å²) in [5.41, 5.74) is 1.88. The quantitative estimate of drug-likeness (QED) is 0.389. The molecule has 2 aromatic carbocycles. The zero-order chi connectivity index (χ0) is 24.6. The summed E-state index contributed by atoms with van der Waals surface area (Å²) in [7, 11) is -3.72. The summed E-state index contributed by atoms with van der Waals surface area (Å²) in [4.78, 5) is 25.1. The Morgan fingerprint density at radius 3 is 2.59 bits per heavy atom. The molecule has 2 N–H and O–H groups in total. The average Bonchev–Trinajstić information content (AvgIpc) is 2.84. The number of morpholine rings is 1. The third-order valence-electron chi connectivity index (χ3n) is 5.39. The molecule has 10 heteroatoms. The minimum Gasteiger partial charge on any atom is -0.452 e. The first-order valence-electron chi connectivity index (χ1n) is 11.3. The fourth-order valence-corrected chi connectivity index (χ4v) is 5.16. The van der Waals surface area contributed by atoms with Gasteiger partial charge in [0.05, 0.1) is 23.7 Å². The van der Waals surface area contributed by atoms with E-state index in [1.54, 1.807) is 37.3 Å². The number of ether oxygens (including phenoxy) is 2. The number of hydrogen-bond acceptors (Lipinski definition) is 7. The van der Waals surface area contributed by atoms with Gasteiger partial charge >= 0.3 is 5.97 Å². The van der Waals surface area contributed by atoms with Gasteiger partial charge in [-0.1, -0.05) is 31.5 Å². The van der Waals surface area contributed by atoms with Crippen molar-refractivity contribution < 1.29 is 27.5 Å². The molecule has 2 aromatic rings. The van der Waals surface area contributed by atoms with E-state index in [0.29, 0.717) is 35.7 Å². The fraction of sp³-hybridized carbons (Fsp3) is 0.417. The third kappa shape index (κ3) is 6.55. The van der Waals surface area contributed by atoms with Gasteiger partial charge in [0, 0.05) is 31.0 Å². The zero-order valence-electron chi connectivity index (χ0n) is 19.5. The highest BCUT2D eigenvalue weighted by Crippen LogP contribution is 2.24. The topological polar surface area (TPSA) is 114 Å². The van der Waals surface area contributed by atoms with Crippen LogP contribution in [0, 0.1) is 6.92 Å². The SMILES string of the molecule is CCCCNc1ccccc1C(=O)OCC(=O)Nc1ccc(C)c(S(=O)(=O)N2CCOCC2)c1. The Bertz CT molecular complexity index is 1110. The van der Waals surface area contributed by atoms with Gasteiger partial charge in [-0.05, 0) is 43.2 Å². The minimum absolute atomic E-state index is 0.122. The maximum absolute atomic E-state index is 13.0. The second-order valence-corrected chi connectivity index (χ2v) is 9.85. The standard InChI is InChI=1S/C24H31N3O6S/c1-3-4-11-25-21-8-6-5-7-20(21)24(29)33-17-23(28)26-19-10-9-18(2)22(16-19)34(30,31)27-12-14-32-15-13-27/h5-10,16,25H,3-4,11-15,17H2,1-2H3,(H,26,28). The predicted octanol–water partition coefficient (Wildman–Crippen LogP) is 3.02. The van der Waals surface area contributed by atoms with E-state index in [0.717, 1.165) is 19.4 Å². The molecule has 3 rings (SSSR count). The first-order chi connectivity index (χ1) is 16.3. The van der Waals surface area contributed by atoms with Crippen LogP contribution >= 0.6 is 0 Å². The maximum atomic E-state index is 13.0. The number of sulfonamides is 1. The molecule has 34 heavy (non-hydrogen) atoms. The van der Waals surface area contributed by atoms with Crippen LogP contribution in [0.2, 0.25) is 0 Å². The lowest BCUT2D eigenvalue weighted by molar-refractivity contribution is -0.119. The van der Waals surface area contributed by atoms with Crippen LogP contribution in [0.25, 0.3) is 0 Å². The number of nitrogens with one attached hydrogen (secondary N) is 2. The Labute approximate surface area is 200 Å². The van der Waals surface area contributed by atoms with Crippen LogP contribution in [0.1, 0.15) is 35.7 Å². The molecule has 0 spiro atoms. The van der Waals surface area contributed by atoms with E-state index in [1.807, 2.05) is 6.07 Å². The molecule has 9 nitrogen and oxygen atoms in total. The maximum Gasteiger partial charge on any atom is 0.340 e. The van der Waals surface area contributed by atoms with Gasteiger partial charge in [-0.25, -0.2) is 13.2 Å². The van der Waals surface area contributed by atoms with Crippen LogP contribution in [-0.4, -0.2) is 64.1 Å². The average molecular weight is 490 g/mol. The zero-order valence-corrected chi connectivity index (χ0v) is 20.3. The van der Waals surface area contributed by atoms with Crippen LogP contribution in [0.15, 0.2) is 47.4 Å². The fourth-order valence-electron chi connectivity index (χ4n) is 3.50. The number of rotatable bonds is 10. The summed E-state index contributed by atoms with van der Waals surface area (Å²) in [6, 6.07) is 11.6. The monoisotopic (exact) mass is 489 g/mol. The number of aryl methyl sites for hydroxylation is 1. The highest BCUT2D eigenvalue weighted by Gasteiger charge is 2.28. The number of amides is 1. The van der Waals surface area contributed by atoms with Crippen molar-refractivity contribution in [1.29, 1.82) is 0 Å². The van der Waals surface area contributed by atoms with Crippen LogP contribution in [-0.2, 0) is 24.3 Å². The number of benzene rings is 2. The smallest absolute Gasteiger partial charge is 0.340 e. The van der Waals surface area contributed by atoms with Crippen molar-refractivity contribution in [2.24, 2.45) is 0 Å². The van der Waals surface area contributed by atoms with E-state index in [9.17, 15) is 18.0 Å². The second kappa shape index (κ2) is 12.0. The number of anilines is 2. The van der Waals surface area contributed by atoms with Gasteiger partial charge in [-0.2, -0.15) is 4.31 Å². The summed E-state index contributed by atoms with van der Waals surface area (Å²) in [6.45, 7) is 5.26. The summed E-state index contributed by atoms with van der Waals surface area (Å²) >= 11 is 0. The van der Waals surface area contributed by atoms with Crippen LogP contribution in [0.3, 0.4) is 0 Å². The molecule has 0 aliphatic carbocycles. The summed E-state index contributed by atoms with van der Waals surface area (Å²) < 4.78 is 37.9. The molecular weight excluding hydrogens is 458 g/mol. The van der Waals surface area contributed by atoms with E-state index >= 15 is 0 Å². The lowest BCUT2D eigenvalue weighted by Gasteiger charge is -2.26. The van der Waals surface area contributed by atoms with Gasteiger partial charge in [0.1, 0.15) is 0 Å². The van der Waals surface area contributed by atoms with Crippen molar-refractivity contribution in [3.05, 3.63) is 53.6 Å². The summed E-state index contributed by atoms with van der Waals surface area (Å²) in [5.74, 6) is -1.18. The van der Waals surface area contributed by atoms with E-state index in [4.69, 9.17) is 9.47 Å². The molecule has 0 unspecified atom stereocenters. The molecule has 0 bridgehead atoms. The molecule has 1 aliphatic rings. The van der Waals surface area contributed by atoms with E-state index < -0.39 is 28.5 Å². The number of carbonyl (C=O) groups excluding carboxylic acids is 2. The normalized spacial score (nSPS) is 14.4. The van der Waals surface area contributed by atoms with Crippen LogP contribution in [0.4, 0.5) is 11.4 Å². The molecule has 0 saturated carbocycles. The molecule has 1 saturated heterocycles. The Morgan fingerprint density at radius 1 is 1.12 bits per heavy atom. The van der Waals surface area contributed by atoms with Crippen molar-refractivity contribution >= 4 is 33.3 Å². The number of nitrogens with zero attached hydrogens (tertiary/aromatic N) is 1. The third-order valence-corrected chi connectivity index (χ3v) is 7.43. The van der Waals surface area contributed by atoms with Crippen LogP contribution in [0.5, 0.6) is 0 Å². The molecule has 0 atom stereocenters. The Morgan fingerprint density at radius 2 is 1.85 bits per heavy atom. The number of para-hydroxylation sites is 1. The van der Waals surface area contributed by atoms with Gasteiger partial charge in [-0.15, -0.1) is 0 Å². The van der Waals surface area contributed by atoms with Gasteiger partial charge in [0.15, 0.2) is 6.61 Å². The van der Waals surface area contributed by atoms with Crippen LogP contribution < -0.4 is 10.6 Å². The van der Waals surface area contributed by atoms with Crippen molar-refractivity contribution in [2.45, 2.75) is 31.6 Å². The number of carbonyl (C=O) groups is 2. The minimum atomic E-state index is -3.72. The van der Waals surface area contributed by atoms with Crippen molar-refractivity contribution in [1.82, 2.24) is 4.31 Å². The first-order valence-corrected chi connectivity index (χ1v) is 12.8. The lowest BCUT2D eigenvalue weighted by atomic mass is 10.1. The number of hydrogen-bond donors (Lipinski definition) is 2. The highest BCUT2D eigenvalue weighted by atomic mass is 32.2. The van der Waals surface area contributed by atoms with Gasteiger partial charge in [0.25, 0.3) is 5.91 Å². The summed E-state index contributed by atoms with van der Waals surface area (Å²) in [6.07, 6.45) is 1.99. The van der Waals surface area contributed by atoms with E-state index in [2.05, 4.69) is 17.6 Å². The van der Waals surface area contributed by atoms with Gasteiger partial charge in [0.2, 0.25) is 10.0 Å². The number of unbranched alkanes of at least 4 members (excludes halogenated alkanes) is 1. The molecule has 1 amide bonds. The van der Waals surface area contributed by atoms with Crippen molar-refractivity contribution in [2.75, 3.05) is 50.1 Å². The van der Waals surface area contributed by atoms with Crippen molar-refractivity contribution in [3.8, 4) is 0 Å². The molecule has 184 valence electrons. The highest BCUT2D eigenvalue weighted by molar-refractivity contribution is 7.89. The van der Waals surface area contributed by atoms with Gasteiger partial charge < -0.3 is 20.1 Å². The van der Waals surface area contributed by atoms with Crippen molar-refractivity contribution in [3.63, 3.8) is 0 Å². The predicted molar refractivity (Wildman–Crippen MR) is 130 cm³/mol. The largest absolute Gasteiger partial charge is 0.452 e.